The number of rotatable bonds is 16. The normalized spacial score (nSPS) is 11.5. The van der Waals surface area contributed by atoms with Gasteiger partial charge in [0.2, 0.25) is 33.4 Å². The number of carbonyl (C=O) groups excluding carboxylic acids is 4. The number of hydrogen-bond donors (Lipinski definition) is 2. The highest BCUT2D eigenvalue weighted by Gasteiger charge is 2.31. The van der Waals surface area contributed by atoms with E-state index in [9.17, 15) is 19.2 Å². The molecule has 89 heavy (non-hydrogen) atoms. The minimum absolute atomic E-state index is 0.318. The molecule has 0 spiro atoms. The van der Waals surface area contributed by atoms with Gasteiger partial charge >= 0.3 is 18.3 Å². The summed E-state index contributed by atoms with van der Waals surface area (Å²) in [6.07, 6.45) is 4.48. The Labute approximate surface area is 529 Å². The molecule has 2 N–H and O–H groups in total. The Morgan fingerprint density at radius 2 is 0.899 bits per heavy atom. The van der Waals surface area contributed by atoms with E-state index in [1.54, 1.807) is 4.90 Å². The lowest BCUT2D eigenvalue weighted by atomic mass is 10.1. The molecule has 0 bridgehead atoms. The predicted octanol–water partition coefficient (Wildman–Crippen LogP) is 17.8. The van der Waals surface area contributed by atoms with Crippen LogP contribution in [0, 0.1) is 27.7 Å². The molecule has 0 saturated heterocycles. The van der Waals surface area contributed by atoms with Crippen molar-refractivity contribution in [1.29, 1.82) is 0 Å². The number of nitrogens with one attached hydrogen (secondary N) is 2. The second kappa shape index (κ2) is 31.2. The van der Waals surface area contributed by atoms with Crippen LogP contribution < -0.4 is 29.6 Å². The zero-order chi connectivity index (χ0) is 66.2. The van der Waals surface area contributed by atoms with E-state index in [0.29, 0.717) is 24.4 Å². The maximum atomic E-state index is 14.2. The van der Waals surface area contributed by atoms with Crippen LogP contribution in [0.3, 0.4) is 0 Å². The summed E-state index contributed by atoms with van der Waals surface area (Å²) in [5, 5.41) is 5.94. The molecule has 0 fully saturated rings. The molecule has 6 aromatic carbocycles. The fourth-order valence-electron chi connectivity index (χ4n) is 10.1. The lowest BCUT2D eigenvalue weighted by molar-refractivity contribution is -0.538. The summed E-state index contributed by atoms with van der Waals surface area (Å²) in [6, 6.07) is 36.6. The van der Waals surface area contributed by atoms with E-state index in [1.807, 2.05) is 216 Å². The molecule has 3 amide bonds. The highest BCUT2D eigenvalue weighted by atomic mass is 16.6. The van der Waals surface area contributed by atoms with Gasteiger partial charge in [0.15, 0.2) is 0 Å². The number of aryl methyl sites for hydroxylation is 4. The summed E-state index contributed by atoms with van der Waals surface area (Å²) >= 11 is 0. The predicted molar refractivity (Wildman–Crippen MR) is 364 cm³/mol. The Morgan fingerprint density at radius 1 is 0.483 bits per heavy atom. The molecule has 2 aromatic heterocycles. The third kappa shape index (κ3) is 20.1. The van der Waals surface area contributed by atoms with E-state index in [0.717, 1.165) is 134 Å². The molecule has 2 heterocycles. The topological polar surface area (TPSA) is 169 Å². The molecule has 0 atom stereocenters. The molecule has 478 valence electrons. The molecular weight excluding hydrogens is 1120 g/mol. The van der Waals surface area contributed by atoms with E-state index in [1.165, 1.54) is 0 Å². The van der Waals surface area contributed by atoms with Crippen LogP contribution in [0.1, 0.15) is 172 Å². The zero-order valence-electron chi connectivity index (χ0n) is 57.1. The highest BCUT2D eigenvalue weighted by molar-refractivity contribution is 5.96. The maximum absolute atomic E-state index is 14.2. The number of para-hydroxylation sites is 2. The van der Waals surface area contributed by atoms with Gasteiger partial charge in [-0.05, 0) is 171 Å². The number of benzene rings is 6. The van der Waals surface area contributed by atoms with Gasteiger partial charge in [0.05, 0.1) is 17.1 Å². The van der Waals surface area contributed by atoms with Crippen LogP contribution >= 0.6 is 0 Å². The summed E-state index contributed by atoms with van der Waals surface area (Å²) in [5.74, 6) is 0. The van der Waals surface area contributed by atoms with Gasteiger partial charge in [-0.2, -0.15) is 0 Å². The quantitative estimate of drug-likeness (QED) is 0.0310. The van der Waals surface area contributed by atoms with Gasteiger partial charge in [0.1, 0.15) is 44.5 Å². The Morgan fingerprint density at radius 3 is 1.35 bits per heavy atom. The van der Waals surface area contributed by atoms with Crippen LogP contribution in [0.15, 0.2) is 109 Å². The van der Waals surface area contributed by atoms with Crippen LogP contribution in [0.25, 0.3) is 55.5 Å². The van der Waals surface area contributed by atoms with Crippen molar-refractivity contribution < 1.29 is 47.3 Å². The molecule has 0 radical (unpaired) electrons. The number of unbranched alkanes of at least 4 members (excludes halogenated alkanes) is 5. The van der Waals surface area contributed by atoms with Crippen molar-refractivity contribution in [2.45, 2.75) is 199 Å². The highest BCUT2D eigenvalue weighted by Crippen LogP contribution is 2.33. The van der Waals surface area contributed by atoms with E-state index in [-0.39, 0.29) is 5.60 Å². The van der Waals surface area contributed by atoms with Gasteiger partial charge in [0, 0.05) is 73.9 Å². The summed E-state index contributed by atoms with van der Waals surface area (Å²) in [5.41, 5.74) is 13.2. The lowest BCUT2D eigenvalue weighted by Crippen LogP contribution is -2.39. The maximum Gasteiger partial charge on any atom is 0.414 e. The standard InChI is InChI=1S/C64H76N8O6.C5H10O2.2C2H6/c1-41-35-50-55(38-48(41)67-59(73)76-62(5,6)7)71(45-27-21-19-22-28-45)57-40-54(43(3)37-52(57)66-50)69(14)33-25-17-15-16-18-26-34-70(61(75)78-64(11,12)13)53-32-31-47-58(44(53)4)72(46-29-23-20-24-30-46)56-39-49(42(2)36-51(56)65-47)68-60(74)77-63(8,9)10;1-5(2,3)7-4-6;2*1-2/h19-24,27-32,35-40H,15-18,25-26,33-34H2,1-14H3;4H,1-3H3;2*1-2H3/p+2. The SMILES string of the molecule is CC.CC.CC(C)(C)OC=O.Cc1cc2nc3cc(C)c(N(C)CCCCCCCCN(C(=O)OC(C)(C)C)c4ccc5nc6cc(C)c(NC(=O)OC(C)(C)C)cc6[n+](-c6ccccc6)c5c4C)cc3[n+](-c3ccccc3)c2cc1NC(=O)OC(C)(C)C. The van der Waals surface area contributed by atoms with Gasteiger partial charge < -0.3 is 23.8 Å². The average molecular weight is 1220 g/mol. The van der Waals surface area contributed by atoms with Crippen LogP contribution in [-0.2, 0) is 23.7 Å². The molecule has 0 unspecified atom stereocenters. The number of hydrogen-bond acceptors (Lipinski definition) is 11. The largest absolute Gasteiger partial charge is 0.462 e. The number of nitrogens with zero attached hydrogens (tertiary/aromatic N) is 6. The minimum atomic E-state index is -0.699. The molecular formula is C73H100N8O8+2. The second-order valence-electron chi connectivity index (χ2n) is 25.8. The van der Waals surface area contributed by atoms with Crippen molar-refractivity contribution in [1.82, 2.24) is 9.97 Å². The van der Waals surface area contributed by atoms with E-state index < -0.39 is 35.1 Å². The van der Waals surface area contributed by atoms with Crippen molar-refractivity contribution in [2.24, 2.45) is 0 Å². The molecule has 8 rings (SSSR count). The van der Waals surface area contributed by atoms with Gasteiger partial charge in [-0.15, -0.1) is 9.13 Å². The first-order valence-corrected chi connectivity index (χ1v) is 31.4. The van der Waals surface area contributed by atoms with Gasteiger partial charge in [-0.1, -0.05) is 89.8 Å². The summed E-state index contributed by atoms with van der Waals surface area (Å²) in [6.45, 7) is 40.1. The van der Waals surface area contributed by atoms with Crippen molar-refractivity contribution in [2.75, 3.05) is 40.6 Å². The van der Waals surface area contributed by atoms with Gasteiger partial charge in [-0.25, -0.2) is 24.4 Å². The Balaban J connectivity index is 0.00000121. The third-order valence-corrected chi connectivity index (χ3v) is 13.9. The summed E-state index contributed by atoms with van der Waals surface area (Å²) in [4.78, 5) is 64.2. The monoisotopic (exact) mass is 1220 g/mol. The Bertz CT molecular complexity index is 3710. The first kappa shape index (κ1) is 71.4. The number of anilines is 4. The first-order valence-electron chi connectivity index (χ1n) is 31.4. The number of fused-ring (bicyclic) bond motifs is 4. The van der Waals surface area contributed by atoms with Gasteiger partial charge in [-0.3, -0.25) is 20.3 Å². The van der Waals surface area contributed by atoms with Gasteiger partial charge in [0.25, 0.3) is 6.47 Å². The second-order valence-corrected chi connectivity index (χ2v) is 25.8. The summed E-state index contributed by atoms with van der Waals surface area (Å²) < 4.78 is 26.2. The number of amides is 3. The van der Waals surface area contributed by atoms with Crippen molar-refractivity contribution in [3.05, 3.63) is 131 Å². The fourth-order valence-corrected chi connectivity index (χ4v) is 10.1. The van der Waals surface area contributed by atoms with Crippen molar-refractivity contribution in [3.63, 3.8) is 0 Å². The molecule has 0 aliphatic carbocycles. The zero-order valence-corrected chi connectivity index (χ0v) is 57.1. The Kier molecular flexibility index (Phi) is 25.0. The fraction of sp³-hybridized carbons (Fsp3) is 0.452. The van der Waals surface area contributed by atoms with E-state index >= 15 is 0 Å². The molecule has 0 aliphatic rings. The molecule has 8 aromatic rings. The smallest absolute Gasteiger partial charge is 0.414 e. The first-order chi connectivity index (χ1) is 41.9. The van der Waals surface area contributed by atoms with Crippen molar-refractivity contribution in [3.8, 4) is 11.4 Å². The molecule has 16 nitrogen and oxygen atoms in total. The molecule has 0 saturated carbocycles. The molecule has 0 aliphatic heterocycles. The lowest BCUT2D eigenvalue weighted by Gasteiger charge is -2.28. The van der Waals surface area contributed by atoms with Crippen LogP contribution in [0.5, 0.6) is 0 Å². The summed E-state index contributed by atoms with van der Waals surface area (Å²) in [7, 11) is 2.16. The van der Waals surface area contributed by atoms with E-state index in [4.69, 9.17) is 24.2 Å². The average Bonchev–Trinajstić information content (AvgIpc) is 0.890. The number of aromatic nitrogens is 4. The van der Waals surface area contributed by atoms with Crippen LogP contribution in [-0.4, -0.2) is 77.3 Å². The van der Waals surface area contributed by atoms with Crippen molar-refractivity contribution >= 4 is 91.6 Å². The molecule has 16 heteroatoms. The number of carbonyl (C=O) groups is 4. The Hall–Kier alpha value is -8.40. The van der Waals surface area contributed by atoms with E-state index in [2.05, 4.69) is 67.6 Å². The number of ether oxygens (including phenoxy) is 4. The van der Waals surface area contributed by atoms with Crippen LogP contribution in [0.2, 0.25) is 0 Å². The minimum Gasteiger partial charge on any atom is -0.462 e. The van der Waals surface area contributed by atoms with Crippen LogP contribution in [0.4, 0.5) is 37.1 Å². The third-order valence-electron chi connectivity index (χ3n) is 13.9.